The van der Waals surface area contributed by atoms with Gasteiger partial charge in [-0.1, -0.05) is 11.6 Å². The summed E-state index contributed by atoms with van der Waals surface area (Å²) in [5.74, 6) is 0. The molecule has 0 spiro atoms. The average Bonchev–Trinajstić information content (AvgIpc) is 2.59. The first-order valence-electron chi connectivity index (χ1n) is 4.40. The molecule has 0 radical (unpaired) electrons. The fraction of sp³-hybridized carbons (Fsp3) is 0.333. The first-order valence-corrected chi connectivity index (χ1v) is 4.78. The van der Waals surface area contributed by atoms with Crippen molar-refractivity contribution in [3.8, 4) is 0 Å². The van der Waals surface area contributed by atoms with Gasteiger partial charge in [0.25, 0.3) is 0 Å². The Hall–Kier alpha value is -1.13. The molecule has 0 aliphatic carbocycles. The molecule has 1 unspecified atom stereocenters. The highest BCUT2D eigenvalue weighted by molar-refractivity contribution is 6.31. The van der Waals surface area contributed by atoms with E-state index in [1.807, 2.05) is 11.5 Å². The highest BCUT2D eigenvalue weighted by Crippen LogP contribution is 2.17. The van der Waals surface area contributed by atoms with Crippen molar-refractivity contribution in [2.24, 2.45) is 5.73 Å². The second-order valence-electron chi connectivity index (χ2n) is 3.23. The smallest absolute Gasteiger partial charge is 0.160 e. The molecule has 0 aliphatic rings. The van der Waals surface area contributed by atoms with Gasteiger partial charge in [0.05, 0.1) is 11.3 Å². The number of halogens is 1. The number of nitrogens with two attached hydrogens (primary N) is 1. The Morgan fingerprint density at radius 2 is 2.36 bits per heavy atom. The van der Waals surface area contributed by atoms with Crippen LogP contribution in [-0.4, -0.2) is 21.1 Å². The minimum Gasteiger partial charge on any atom is -0.328 e. The summed E-state index contributed by atoms with van der Waals surface area (Å²) in [5, 5.41) is 0.600. The Morgan fingerprint density at radius 3 is 3.07 bits per heavy atom. The molecule has 2 N–H and O–H groups in total. The van der Waals surface area contributed by atoms with E-state index in [0.29, 0.717) is 11.6 Å². The van der Waals surface area contributed by atoms with Gasteiger partial charge in [-0.3, -0.25) is 0 Å². The van der Waals surface area contributed by atoms with Gasteiger partial charge in [0.2, 0.25) is 0 Å². The highest BCUT2D eigenvalue weighted by Gasteiger charge is 2.08. The van der Waals surface area contributed by atoms with Crippen molar-refractivity contribution >= 4 is 22.8 Å². The van der Waals surface area contributed by atoms with E-state index in [1.54, 1.807) is 18.6 Å². The van der Waals surface area contributed by atoms with Gasteiger partial charge in [-0.25, -0.2) is 9.97 Å². The number of rotatable bonds is 2. The largest absolute Gasteiger partial charge is 0.328 e. The molecular formula is C9H11ClN4. The quantitative estimate of drug-likeness (QED) is 0.819. The monoisotopic (exact) mass is 210 g/mol. The Balaban J connectivity index is 2.58. The van der Waals surface area contributed by atoms with Crippen molar-refractivity contribution < 1.29 is 0 Å². The Labute approximate surface area is 86.7 Å². The van der Waals surface area contributed by atoms with Crippen LogP contribution in [0.15, 0.2) is 18.6 Å². The molecule has 2 rings (SSSR count). The van der Waals surface area contributed by atoms with E-state index in [9.17, 15) is 0 Å². The third-order valence-corrected chi connectivity index (χ3v) is 2.40. The SMILES string of the molecule is CC(CN)n1cnc2cc(Cl)cnc21. The van der Waals surface area contributed by atoms with Crippen molar-refractivity contribution in [2.45, 2.75) is 13.0 Å². The lowest BCUT2D eigenvalue weighted by molar-refractivity contribution is 0.569. The van der Waals surface area contributed by atoms with Gasteiger partial charge < -0.3 is 10.3 Å². The van der Waals surface area contributed by atoms with Gasteiger partial charge in [0.15, 0.2) is 5.65 Å². The molecule has 0 bridgehead atoms. The summed E-state index contributed by atoms with van der Waals surface area (Å²) in [5.41, 5.74) is 7.21. The topological polar surface area (TPSA) is 56.7 Å². The van der Waals surface area contributed by atoms with Crippen LogP contribution in [-0.2, 0) is 0 Å². The van der Waals surface area contributed by atoms with Crippen LogP contribution in [0.3, 0.4) is 0 Å². The molecule has 4 nitrogen and oxygen atoms in total. The molecule has 2 aromatic rings. The molecule has 0 saturated heterocycles. The second-order valence-corrected chi connectivity index (χ2v) is 3.67. The number of nitrogens with zero attached hydrogens (tertiary/aromatic N) is 3. The molecule has 5 heteroatoms. The predicted octanol–water partition coefficient (Wildman–Crippen LogP) is 1.60. The molecule has 0 aliphatic heterocycles. The summed E-state index contributed by atoms with van der Waals surface area (Å²) < 4.78 is 1.95. The van der Waals surface area contributed by atoms with Crippen LogP contribution in [0.5, 0.6) is 0 Å². The van der Waals surface area contributed by atoms with Crippen LogP contribution in [0, 0.1) is 0 Å². The number of pyridine rings is 1. The number of hydrogen-bond acceptors (Lipinski definition) is 3. The van der Waals surface area contributed by atoms with E-state index in [0.717, 1.165) is 11.2 Å². The van der Waals surface area contributed by atoms with Crippen molar-refractivity contribution in [3.63, 3.8) is 0 Å². The van der Waals surface area contributed by atoms with Gasteiger partial charge in [-0.2, -0.15) is 0 Å². The molecule has 0 amide bonds. The zero-order chi connectivity index (χ0) is 10.1. The molecule has 2 aromatic heterocycles. The van der Waals surface area contributed by atoms with Gasteiger partial charge in [0.1, 0.15) is 5.52 Å². The van der Waals surface area contributed by atoms with Crippen molar-refractivity contribution in [2.75, 3.05) is 6.54 Å². The molecule has 14 heavy (non-hydrogen) atoms. The minimum atomic E-state index is 0.202. The molecule has 74 valence electrons. The van der Waals surface area contributed by atoms with Gasteiger partial charge >= 0.3 is 0 Å². The van der Waals surface area contributed by atoms with Crippen LogP contribution in [0.1, 0.15) is 13.0 Å². The van der Waals surface area contributed by atoms with Crippen LogP contribution in [0.2, 0.25) is 5.02 Å². The lowest BCUT2D eigenvalue weighted by atomic mass is 10.3. The van der Waals surface area contributed by atoms with Gasteiger partial charge in [-0.05, 0) is 13.0 Å². The standard InChI is InChI=1S/C9H11ClN4/c1-6(3-11)14-5-13-8-2-7(10)4-12-9(8)14/h2,4-6H,3,11H2,1H3. The maximum atomic E-state index is 5.80. The maximum Gasteiger partial charge on any atom is 0.160 e. The summed E-state index contributed by atoms with van der Waals surface area (Å²) in [7, 11) is 0. The molecular weight excluding hydrogens is 200 g/mol. The van der Waals surface area contributed by atoms with Crippen LogP contribution in [0.25, 0.3) is 11.2 Å². The number of hydrogen-bond donors (Lipinski definition) is 1. The summed E-state index contributed by atoms with van der Waals surface area (Å²) in [6.45, 7) is 2.59. The van der Waals surface area contributed by atoms with E-state index < -0.39 is 0 Å². The van der Waals surface area contributed by atoms with E-state index in [-0.39, 0.29) is 6.04 Å². The number of imidazole rings is 1. The fourth-order valence-corrected chi connectivity index (χ4v) is 1.48. The summed E-state index contributed by atoms with van der Waals surface area (Å²) >= 11 is 5.80. The first kappa shape index (κ1) is 9.43. The Morgan fingerprint density at radius 1 is 1.57 bits per heavy atom. The second kappa shape index (κ2) is 3.55. The summed E-state index contributed by atoms with van der Waals surface area (Å²) in [6.07, 6.45) is 3.36. The molecule has 0 aromatic carbocycles. The summed E-state index contributed by atoms with van der Waals surface area (Å²) in [4.78, 5) is 8.43. The van der Waals surface area contributed by atoms with Crippen LogP contribution < -0.4 is 5.73 Å². The van der Waals surface area contributed by atoms with Crippen molar-refractivity contribution in [1.82, 2.24) is 14.5 Å². The van der Waals surface area contributed by atoms with Gasteiger partial charge in [-0.15, -0.1) is 0 Å². The van der Waals surface area contributed by atoms with Crippen molar-refractivity contribution in [1.29, 1.82) is 0 Å². The zero-order valence-corrected chi connectivity index (χ0v) is 8.57. The zero-order valence-electron chi connectivity index (χ0n) is 7.81. The van der Waals surface area contributed by atoms with E-state index >= 15 is 0 Å². The first-order chi connectivity index (χ1) is 6.72. The lowest BCUT2D eigenvalue weighted by Crippen LogP contribution is -2.15. The Bertz CT molecular complexity index is 451. The lowest BCUT2D eigenvalue weighted by Gasteiger charge is -2.10. The minimum absolute atomic E-state index is 0.202. The van der Waals surface area contributed by atoms with E-state index in [1.165, 1.54) is 0 Å². The Kier molecular flexibility index (Phi) is 2.39. The molecule has 1 atom stereocenters. The molecule has 0 saturated carbocycles. The molecule has 0 fully saturated rings. The summed E-state index contributed by atoms with van der Waals surface area (Å²) in [6, 6.07) is 2.00. The maximum absolute atomic E-state index is 5.80. The number of aromatic nitrogens is 3. The van der Waals surface area contributed by atoms with Crippen LogP contribution in [0.4, 0.5) is 0 Å². The third-order valence-electron chi connectivity index (χ3n) is 2.20. The average molecular weight is 211 g/mol. The van der Waals surface area contributed by atoms with Gasteiger partial charge in [0, 0.05) is 18.8 Å². The van der Waals surface area contributed by atoms with Crippen LogP contribution >= 0.6 is 11.6 Å². The highest BCUT2D eigenvalue weighted by atomic mass is 35.5. The number of fused-ring (bicyclic) bond motifs is 1. The predicted molar refractivity (Wildman–Crippen MR) is 56.3 cm³/mol. The molecule has 2 heterocycles. The fourth-order valence-electron chi connectivity index (χ4n) is 1.33. The van der Waals surface area contributed by atoms with Crippen molar-refractivity contribution in [3.05, 3.63) is 23.6 Å². The third kappa shape index (κ3) is 1.47. The van der Waals surface area contributed by atoms with E-state index in [4.69, 9.17) is 17.3 Å². The normalized spacial score (nSPS) is 13.4. The van der Waals surface area contributed by atoms with E-state index in [2.05, 4.69) is 9.97 Å².